The van der Waals surface area contributed by atoms with E-state index in [1.54, 1.807) is 21.0 Å². The molecular weight excluding hydrogens is 352 g/mol. The molecule has 0 saturated carbocycles. The molecule has 0 fully saturated rings. The molecule has 0 radical (unpaired) electrons. The van der Waals surface area contributed by atoms with E-state index in [1.807, 2.05) is 13.0 Å². The summed E-state index contributed by atoms with van der Waals surface area (Å²) in [7, 11) is 1.64. The second-order valence-electron chi connectivity index (χ2n) is 7.40. The monoisotopic (exact) mass is 382 g/mol. The fraction of sp³-hybridized carbons (Fsp3) is 0.417. The molecule has 0 aliphatic heterocycles. The summed E-state index contributed by atoms with van der Waals surface area (Å²) in [6, 6.07) is 4.08. The van der Waals surface area contributed by atoms with Gasteiger partial charge in [0.15, 0.2) is 5.78 Å². The number of carbonyl (C=O) groups is 2. The molecule has 2 rings (SSSR count). The molecule has 1 aliphatic rings. The van der Waals surface area contributed by atoms with Crippen molar-refractivity contribution >= 4 is 17.3 Å². The van der Waals surface area contributed by atoms with Gasteiger partial charge in [0.2, 0.25) is 0 Å². The van der Waals surface area contributed by atoms with Crippen LogP contribution in [0, 0.1) is 18.8 Å². The van der Waals surface area contributed by atoms with E-state index >= 15 is 0 Å². The standard InChI is InChI=1S/C24H30O4/c1-8-18(24(26)28-9-2)22(25)12-20-16(6)19(14(3)4)11-17-10-15(5)23(27-7)13-21(17)20/h8,10,12-14,19H,6,9,11H2,1-5,7H3/b18-8+,20-12+. The predicted molar refractivity (Wildman–Crippen MR) is 112 cm³/mol. The molecule has 0 spiro atoms. The smallest absolute Gasteiger partial charge is 0.341 e. The summed E-state index contributed by atoms with van der Waals surface area (Å²) in [6.45, 7) is 14.2. The van der Waals surface area contributed by atoms with E-state index in [-0.39, 0.29) is 23.9 Å². The lowest BCUT2D eigenvalue weighted by atomic mass is 9.72. The van der Waals surface area contributed by atoms with Gasteiger partial charge in [-0.1, -0.05) is 32.6 Å². The Morgan fingerprint density at radius 3 is 2.54 bits per heavy atom. The molecule has 1 atom stereocenters. The summed E-state index contributed by atoms with van der Waals surface area (Å²) >= 11 is 0. The van der Waals surface area contributed by atoms with Crippen molar-refractivity contribution in [2.75, 3.05) is 13.7 Å². The Kier molecular flexibility index (Phi) is 7.00. The highest BCUT2D eigenvalue weighted by Crippen LogP contribution is 2.43. The highest BCUT2D eigenvalue weighted by atomic mass is 16.5. The average Bonchev–Trinajstić information content (AvgIpc) is 2.64. The summed E-state index contributed by atoms with van der Waals surface area (Å²) in [6.07, 6.45) is 3.90. The van der Waals surface area contributed by atoms with Gasteiger partial charge in [0.05, 0.1) is 13.7 Å². The van der Waals surface area contributed by atoms with Gasteiger partial charge in [-0.25, -0.2) is 4.79 Å². The fourth-order valence-electron chi connectivity index (χ4n) is 3.71. The largest absolute Gasteiger partial charge is 0.496 e. The van der Waals surface area contributed by atoms with Crippen molar-refractivity contribution in [1.82, 2.24) is 0 Å². The van der Waals surface area contributed by atoms with Crippen molar-refractivity contribution in [3.63, 3.8) is 0 Å². The fourth-order valence-corrected chi connectivity index (χ4v) is 3.71. The number of ketones is 1. The maximum Gasteiger partial charge on any atom is 0.341 e. The zero-order valence-corrected chi connectivity index (χ0v) is 17.7. The van der Waals surface area contributed by atoms with Crippen LogP contribution < -0.4 is 4.74 Å². The molecule has 0 N–H and O–H groups in total. The molecule has 0 bridgehead atoms. The van der Waals surface area contributed by atoms with Crippen LogP contribution in [0.4, 0.5) is 0 Å². The number of rotatable bonds is 6. The van der Waals surface area contributed by atoms with Gasteiger partial charge < -0.3 is 9.47 Å². The Labute approximate surface area is 167 Å². The summed E-state index contributed by atoms with van der Waals surface area (Å²) in [5.41, 5.74) is 4.89. The quantitative estimate of drug-likeness (QED) is 0.305. The zero-order valence-electron chi connectivity index (χ0n) is 17.7. The maximum atomic E-state index is 12.9. The van der Waals surface area contributed by atoms with Crippen LogP contribution in [-0.4, -0.2) is 25.5 Å². The van der Waals surface area contributed by atoms with Crippen LogP contribution in [0.2, 0.25) is 0 Å². The van der Waals surface area contributed by atoms with E-state index in [2.05, 4.69) is 26.5 Å². The lowest BCUT2D eigenvalue weighted by Crippen LogP contribution is -2.22. The van der Waals surface area contributed by atoms with Crippen molar-refractivity contribution in [3.05, 3.63) is 58.7 Å². The van der Waals surface area contributed by atoms with E-state index < -0.39 is 5.97 Å². The van der Waals surface area contributed by atoms with Gasteiger partial charge in [-0.05, 0) is 79.0 Å². The summed E-state index contributed by atoms with van der Waals surface area (Å²) < 4.78 is 10.5. The molecule has 0 saturated heterocycles. The van der Waals surface area contributed by atoms with Gasteiger partial charge in [0, 0.05) is 0 Å². The second-order valence-corrected chi connectivity index (χ2v) is 7.40. The van der Waals surface area contributed by atoms with Crippen LogP contribution in [-0.2, 0) is 20.7 Å². The van der Waals surface area contributed by atoms with Crippen molar-refractivity contribution in [1.29, 1.82) is 0 Å². The van der Waals surface area contributed by atoms with Gasteiger partial charge in [-0.2, -0.15) is 0 Å². The lowest BCUT2D eigenvalue weighted by molar-refractivity contribution is -0.139. The lowest BCUT2D eigenvalue weighted by Gasteiger charge is -2.32. The average molecular weight is 383 g/mol. The van der Waals surface area contributed by atoms with Crippen LogP contribution in [0.1, 0.15) is 44.4 Å². The number of benzene rings is 1. The molecule has 0 amide bonds. The number of allylic oxidation sites excluding steroid dienone is 4. The summed E-state index contributed by atoms with van der Waals surface area (Å²) in [4.78, 5) is 25.0. The first-order valence-corrected chi connectivity index (χ1v) is 9.71. The molecule has 0 heterocycles. The Morgan fingerprint density at radius 1 is 1.32 bits per heavy atom. The molecule has 28 heavy (non-hydrogen) atoms. The molecule has 1 aliphatic carbocycles. The number of ether oxygens (including phenoxy) is 2. The van der Waals surface area contributed by atoms with Crippen LogP contribution in [0.3, 0.4) is 0 Å². The number of methoxy groups -OCH3 is 1. The first kappa shape index (κ1) is 21.7. The van der Waals surface area contributed by atoms with E-state index in [1.165, 1.54) is 17.7 Å². The van der Waals surface area contributed by atoms with Crippen molar-refractivity contribution in [2.24, 2.45) is 11.8 Å². The SMILES string of the molecule is C=C1/C(=C\C(=O)/C(=C\C)C(=O)OCC)c2cc(OC)c(C)cc2CC1C(C)C. The molecule has 150 valence electrons. The number of hydrogen-bond acceptors (Lipinski definition) is 4. The molecule has 4 nitrogen and oxygen atoms in total. The number of carbonyl (C=O) groups excluding carboxylic acids is 2. The summed E-state index contributed by atoms with van der Waals surface area (Å²) in [5, 5.41) is 0. The van der Waals surface area contributed by atoms with Crippen LogP contribution in [0.15, 0.2) is 42.0 Å². The van der Waals surface area contributed by atoms with E-state index in [9.17, 15) is 9.59 Å². The molecule has 1 aromatic rings. The third-order valence-electron chi connectivity index (χ3n) is 5.27. The first-order chi connectivity index (χ1) is 13.2. The van der Waals surface area contributed by atoms with E-state index in [0.717, 1.165) is 34.4 Å². The number of fused-ring (bicyclic) bond motifs is 1. The predicted octanol–water partition coefficient (Wildman–Crippen LogP) is 4.85. The van der Waals surface area contributed by atoms with Crippen molar-refractivity contribution in [2.45, 2.75) is 41.0 Å². The minimum absolute atomic E-state index is 0.0365. The van der Waals surface area contributed by atoms with E-state index in [4.69, 9.17) is 9.47 Å². The van der Waals surface area contributed by atoms with E-state index in [0.29, 0.717) is 5.92 Å². The minimum Gasteiger partial charge on any atom is -0.496 e. The maximum absolute atomic E-state index is 12.9. The second kappa shape index (κ2) is 9.05. The molecular formula is C24H30O4. The molecule has 4 heteroatoms. The Balaban J connectivity index is 2.60. The Bertz CT molecular complexity index is 856. The van der Waals surface area contributed by atoms with Crippen molar-refractivity contribution < 1.29 is 19.1 Å². The van der Waals surface area contributed by atoms with Crippen LogP contribution in [0.5, 0.6) is 5.75 Å². The molecule has 1 aromatic carbocycles. The van der Waals surface area contributed by atoms with Gasteiger partial charge in [-0.15, -0.1) is 0 Å². The van der Waals surface area contributed by atoms with Crippen LogP contribution in [0.25, 0.3) is 5.57 Å². The normalized spacial score (nSPS) is 18.2. The number of hydrogen-bond donors (Lipinski definition) is 0. The Morgan fingerprint density at radius 2 is 2.00 bits per heavy atom. The van der Waals surface area contributed by atoms with Crippen LogP contribution >= 0.6 is 0 Å². The van der Waals surface area contributed by atoms with Gasteiger partial charge in [-0.3, -0.25) is 4.79 Å². The highest BCUT2D eigenvalue weighted by Gasteiger charge is 2.30. The molecule has 0 aromatic heterocycles. The summed E-state index contributed by atoms with van der Waals surface area (Å²) in [5.74, 6) is 0.413. The zero-order chi connectivity index (χ0) is 21.0. The van der Waals surface area contributed by atoms with Gasteiger partial charge in [0.1, 0.15) is 11.3 Å². The third-order valence-corrected chi connectivity index (χ3v) is 5.27. The Hall–Kier alpha value is -2.62. The first-order valence-electron chi connectivity index (χ1n) is 9.71. The number of esters is 1. The minimum atomic E-state index is -0.601. The van der Waals surface area contributed by atoms with Gasteiger partial charge >= 0.3 is 5.97 Å². The number of aryl methyl sites for hydroxylation is 1. The third kappa shape index (κ3) is 4.27. The van der Waals surface area contributed by atoms with Gasteiger partial charge in [0.25, 0.3) is 0 Å². The topological polar surface area (TPSA) is 52.6 Å². The molecule has 1 unspecified atom stereocenters. The highest BCUT2D eigenvalue weighted by molar-refractivity contribution is 6.24. The van der Waals surface area contributed by atoms with Crippen molar-refractivity contribution in [3.8, 4) is 5.75 Å².